The van der Waals surface area contributed by atoms with Gasteiger partial charge in [-0.2, -0.15) is 15.0 Å². The Hall–Kier alpha value is -1.63. The zero-order chi connectivity index (χ0) is 13.8. The topological polar surface area (TPSA) is 75.2 Å². The van der Waals surface area contributed by atoms with Gasteiger partial charge in [0.05, 0.1) is 12.1 Å². The molecule has 19 heavy (non-hydrogen) atoms. The highest BCUT2D eigenvalue weighted by Gasteiger charge is 2.23. The van der Waals surface area contributed by atoms with E-state index in [1.807, 2.05) is 19.0 Å². The lowest BCUT2D eigenvalue weighted by molar-refractivity contribution is 0.0994. The molecule has 2 N–H and O–H groups in total. The van der Waals surface area contributed by atoms with Gasteiger partial charge in [0.1, 0.15) is 0 Å². The van der Waals surface area contributed by atoms with Crippen LogP contribution in [0.1, 0.15) is 19.8 Å². The minimum atomic E-state index is 0.185. The minimum absolute atomic E-state index is 0.185. The molecule has 1 aromatic heterocycles. The fourth-order valence-electron chi connectivity index (χ4n) is 2.03. The standard InChI is InChI=1S/C12H22N6O/c1-8(9-6-5-7-19-9)14-11-15-10(13-2)16-12(17-11)18(3)4/h8-9H,5-7H2,1-4H3,(H2,13,14,15,16,17). The maximum Gasteiger partial charge on any atom is 0.231 e. The van der Waals surface area contributed by atoms with E-state index in [1.54, 1.807) is 7.05 Å². The third-order valence-corrected chi connectivity index (χ3v) is 3.13. The Kier molecular flexibility index (Phi) is 4.36. The second kappa shape index (κ2) is 6.01. The summed E-state index contributed by atoms with van der Waals surface area (Å²) in [5.41, 5.74) is 0. The summed E-state index contributed by atoms with van der Waals surface area (Å²) < 4.78 is 5.66. The molecule has 0 amide bonds. The molecule has 0 aromatic carbocycles. The van der Waals surface area contributed by atoms with Gasteiger partial charge in [0.15, 0.2) is 0 Å². The number of anilines is 3. The van der Waals surface area contributed by atoms with E-state index in [-0.39, 0.29) is 12.1 Å². The zero-order valence-electron chi connectivity index (χ0n) is 12.0. The van der Waals surface area contributed by atoms with Gasteiger partial charge in [0.25, 0.3) is 0 Å². The Labute approximate surface area is 113 Å². The number of aromatic nitrogens is 3. The van der Waals surface area contributed by atoms with E-state index < -0.39 is 0 Å². The van der Waals surface area contributed by atoms with Crippen LogP contribution >= 0.6 is 0 Å². The van der Waals surface area contributed by atoms with Gasteiger partial charge < -0.3 is 20.3 Å². The number of hydrogen-bond donors (Lipinski definition) is 2. The van der Waals surface area contributed by atoms with Crippen LogP contribution in [0.5, 0.6) is 0 Å². The lowest BCUT2D eigenvalue weighted by Crippen LogP contribution is -2.31. The summed E-state index contributed by atoms with van der Waals surface area (Å²) in [5.74, 6) is 1.76. The van der Waals surface area contributed by atoms with Crippen molar-refractivity contribution in [3.8, 4) is 0 Å². The second-order valence-corrected chi connectivity index (χ2v) is 4.91. The van der Waals surface area contributed by atoms with Crippen molar-refractivity contribution in [1.82, 2.24) is 15.0 Å². The van der Waals surface area contributed by atoms with Gasteiger partial charge in [-0.25, -0.2) is 0 Å². The summed E-state index contributed by atoms with van der Waals surface area (Å²) in [7, 11) is 5.60. The Bertz CT molecular complexity index is 419. The highest BCUT2D eigenvalue weighted by molar-refractivity contribution is 5.43. The maximum absolute atomic E-state index is 5.66. The average Bonchev–Trinajstić information content (AvgIpc) is 2.92. The van der Waals surface area contributed by atoms with E-state index >= 15 is 0 Å². The molecule has 1 saturated heterocycles. The molecule has 1 aliphatic rings. The quantitative estimate of drug-likeness (QED) is 0.822. The lowest BCUT2D eigenvalue weighted by atomic mass is 10.1. The highest BCUT2D eigenvalue weighted by Crippen LogP contribution is 2.19. The van der Waals surface area contributed by atoms with Gasteiger partial charge in [0.2, 0.25) is 17.8 Å². The molecule has 1 aliphatic heterocycles. The van der Waals surface area contributed by atoms with Crippen LogP contribution in [0.2, 0.25) is 0 Å². The van der Waals surface area contributed by atoms with Crippen molar-refractivity contribution in [2.75, 3.05) is 43.3 Å². The number of nitrogens with zero attached hydrogens (tertiary/aromatic N) is 4. The van der Waals surface area contributed by atoms with Crippen LogP contribution in [-0.2, 0) is 4.74 Å². The van der Waals surface area contributed by atoms with E-state index in [9.17, 15) is 0 Å². The van der Waals surface area contributed by atoms with E-state index in [1.165, 1.54) is 0 Å². The third-order valence-electron chi connectivity index (χ3n) is 3.13. The van der Waals surface area contributed by atoms with E-state index in [2.05, 4.69) is 32.5 Å². The summed E-state index contributed by atoms with van der Waals surface area (Å²) in [6.45, 7) is 2.94. The largest absolute Gasteiger partial charge is 0.376 e. The first-order valence-corrected chi connectivity index (χ1v) is 6.59. The van der Waals surface area contributed by atoms with Crippen molar-refractivity contribution in [3.63, 3.8) is 0 Å². The molecule has 106 valence electrons. The molecule has 2 atom stereocenters. The van der Waals surface area contributed by atoms with Crippen molar-refractivity contribution in [3.05, 3.63) is 0 Å². The zero-order valence-corrected chi connectivity index (χ0v) is 12.0. The van der Waals surface area contributed by atoms with Gasteiger partial charge in [-0.1, -0.05) is 0 Å². The lowest BCUT2D eigenvalue weighted by Gasteiger charge is -2.21. The smallest absolute Gasteiger partial charge is 0.231 e. The summed E-state index contributed by atoms with van der Waals surface area (Å²) >= 11 is 0. The van der Waals surface area contributed by atoms with Gasteiger partial charge in [0, 0.05) is 27.7 Å². The van der Waals surface area contributed by atoms with Crippen LogP contribution in [0, 0.1) is 0 Å². The first-order valence-electron chi connectivity index (χ1n) is 6.59. The molecule has 1 aromatic rings. The molecule has 2 unspecified atom stereocenters. The van der Waals surface area contributed by atoms with Crippen molar-refractivity contribution in [1.29, 1.82) is 0 Å². The van der Waals surface area contributed by atoms with Crippen molar-refractivity contribution >= 4 is 17.8 Å². The summed E-state index contributed by atoms with van der Waals surface area (Å²) in [6.07, 6.45) is 2.44. The van der Waals surface area contributed by atoms with Gasteiger partial charge in [-0.3, -0.25) is 0 Å². The van der Waals surface area contributed by atoms with Crippen LogP contribution in [0.3, 0.4) is 0 Å². The van der Waals surface area contributed by atoms with Crippen molar-refractivity contribution in [2.24, 2.45) is 0 Å². The molecule has 0 spiro atoms. The number of rotatable bonds is 5. The number of ether oxygens (including phenoxy) is 1. The van der Waals surface area contributed by atoms with Crippen molar-refractivity contribution < 1.29 is 4.74 Å². The fourth-order valence-corrected chi connectivity index (χ4v) is 2.03. The predicted octanol–water partition coefficient (Wildman–Crippen LogP) is 0.959. The summed E-state index contributed by atoms with van der Waals surface area (Å²) in [5, 5.41) is 6.25. The predicted molar refractivity (Wildman–Crippen MR) is 75.8 cm³/mol. The number of hydrogen-bond acceptors (Lipinski definition) is 7. The van der Waals surface area contributed by atoms with Gasteiger partial charge in [-0.15, -0.1) is 0 Å². The molecule has 7 heteroatoms. The molecule has 2 rings (SSSR count). The summed E-state index contributed by atoms with van der Waals surface area (Å²) in [6, 6.07) is 0.185. The molecule has 0 saturated carbocycles. The van der Waals surface area contributed by atoms with Crippen molar-refractivity contribution in [2.45, 2.75) is 31.9 Å². The second-order valence-electron chi connectivity index (χ2n) is 4.91. The maximum atomic E-state index is 5.66. The van der Waals surface area contributed by atoms with E-state index in [4.69, 9.17) is 4.74 Å². The Morgan fingerprint density at radius 2 is 2.00 bits per heavy atom. The normalized spacial score (nSPS) is 20.1. The Morgan fingerprint density at radius 3 is 2.58 bits per heavy atom. The van der Waals surface area contributed by atoms with Crippen LogP contribution < -0.4 is 15.5 Å². The minimum Gasteiger partial charge on any atom is -0.376 e. The molecule has 1 fully saturated rings. The first kappa shape index (κ1) is 13.8. The SMILES string of the molecule is CNc1nc(NC(C)C2CCCO2)nc(N(C)C)n1. The molecule has 0 radical (unpaired) electrons. The van der Waals surface area contributed by atoms with Crippen LogP contribution in [-0.4, -0.2) is 54.8 Å². The molecule has 7 nitrogen and oxygen atoms in total. The Balaban J connectivity index is 2.11. The monoisotopic (exact) mass is 266 g/mol. The molecule has 2 heterocycles. The van der Waals surface area contributed by atoms with Crippen LogP contribution in [0.25, 0.3) is 0 Å². The fraction of sp³-hybridized carbons (Fsp3) is 0.750. The summed E-state index contributed by atoms with van der Waals surface area (Å²) in [4.78, 5) is 14.8. The molecule has 0 aliphatic carbocycles. The average molecular weight is 266 g/mol. The van der Waals surface area contributed by atoms with Crippen LogP contribution in [0.15, 0.2) is 0 Å². The Morgan fingerprint density at radius 1 is 1.26 bits per heavy atom. The molecule has 0 bridgehead atoms. The number of nitrogens with one attached hydrogen (secondary N) is 2. The third kappa shape index (κ3) is 3.44. The highest BCUT2D eigenvalue weighted by atomic mass is 16.5. The van der Waals surface area contributed by atoms with E-state index in [0.29, 0.717) is 17.8 Å². The van der Waals surface area contributed by atoms with Crippen LogP contribution in [0.4, 0.5) is 17.8 Å². The van der Waals surface area contributed by atoms with Gasteiger partial charge >= 0.3 is 0 Å². The first-order chi connectivity index (χ1) is 9.10. The van der Waals surface area contributed by atoms with Gasteiger partial charge in [-0.05, 0) is 19.8 Å². The molecular formula is C12H22N6O. The molecular weight excluding hydrogens is 244 g/mol. The van der Waals surface area contributed by atoms with E-state index in [0.717, 1.165) is 19.4 Å².